The van der Waals surface area contributed by atoms with Crippen LogP contribution < -0.4 is 5.73 Å². The van der Waals surface area contributed by atoms with Crippen molar-refractivity contribution in [3.63, 3.8) is 0 Å². The van der Waals surface area contributed by atoms with E-state index in [1.54, 1.807) is 0 Å². The molecule has 1 atom stereocenters. The molecule has 0 bridgehead atoms. The first-order chi connectivity index (χ1) is 11.8. The normalized spacial score (nSPS) is 13.5. The molecule has 5 nitrogen and oxygen atoms in total. The topological polar surface area (TPSA) is 90.7 Å². The maximum atomic E-state index is 14.1. The average Bonchev–Trinajstić information content (AvgIpc) is 2.80. The van der Waals surface area contributed by atoms with Gasteiger partial charge in [0.25, 0.3) is 0 Å². The lowest BCUT2D eigenvalue weighted by Gasteiger charge is -2.13. The fourth-order valence-electron chi connectivity index (χ4n) is 1.89. The largest absolute Gasteiger partial charge is 0.604 e. The van der Waals surface area contributed by atoms with Crippen molar-refractivity contribution < 1.29 is 35.3 Å². The molecular weight excluding hydrogens is 417 g/mol. The summed E-state index contributed by atoms with van der Waals surface area (Å²) in [4.78, 5) is -1.25. The number of nitrogens with two attached hydrogens (primary N) is 1. The maximum absolute atomic E-state index is 14.1. The zero-order valence-electron chi connectivity index (χ0n) is 11.9. The van der Waals surface area contributed by atoms with Crippen molar-refractivity contribution >= 4 is 28.6 Å². The van der Waals surface area contributed by atoms with Crippen LogP contribution in [-0.2, 0) is 17.4 Å². The summed E-state index contributed by atoms with van der Waals surface area (Å²) in [5, 5.41) is 11.2. The Hall–Kier alpha value is -2.17. The number of nitrogens with zero attached hydrogens (tertiary/aromatic N) is 3. The standard InChI is InChI=1S/C12H4ClF7N4OS/c13-5-1-4(11(15,16)17)2-6(14)8(5)24-10(22)9(7(3-21)23-24)26(25)12(18,19)20/h1-2H,22H2. The van der Waals surface area contributed by atoms with Gasteiger partial charge in [0.15, 0.2) is 11.6 Å². The van der Waals surface area contributed by atoms with Crippen LogP contribution in [0.15, 0.2) is 17.0 Å². The summed E-state index contributed by atoms with van der Waals surface area (Å²) >= 11 is 1.80. The van der Waals surface area contributed by atoms with E-state index >= 15 is 0 Å². The summed E-state index contributed by atoms with van der Waals surface area (Å²) in [6.45, 7) is 0. The van der Waals surface area contributed by atoms with Crippen LogP contribution in [0.2, 0.25) is 5.02 Å². The van der Waals surface area contributed by atoms with E-state index in [2.05, 4.69) is 5.10 Å². The van der Waals surface area contributed by atoms with E-state index in [0.717, 1.165) is 0 Å². The number of hydrogen-bond donors (Lipinski definition) is 1. The van der Waals surface area contributed by atoms with Gasteiger partial charge in [-0.3, -0.25) is 0 Å². The first kappa shape index (κ1) is 20.1. The first-order valence-electron chi connectivity index (χ1n) is 6.12. The lowest BCUT2D eigenvalue weighted by atomic mass is 10.2. The fraction of sp³-hybridized carbons (Fsp3) is 0.167. The number of nitrogen functional groups attached to an aromatic ring is 1. The Kier molecular flexibility index (Phi) is 5.06. The highest BCUT2D eigenvalue weighted by molar-refractivity contribution is 7.92. The smallest absolute Gasteiger partial charge is 0.578 e. The minimum Gasteiger partial charge on any atom is -0.604 e. The van der Waals surface area contributed by atoms with E-state index in [0.29, 0.717) is 6.07 Å². The van der Waals surface area contributed by atoms with Gasteiger partial charge in [-0.15, -0.1) is 18.3 Å². The molecule has 1 aromatic heterocycles. The van der Waals surface area contributed by atoms with Crippen LogP contribution >= 0.6 is 11.6 Å². The number of aromatic nitrogens is 2. The number of benzene rings is 1. The van der Waals surface area contributed by atoms with Crippen LogP contribution in [0.5, 0.6) is 0 Å². The Morgan fingerprint density at radius 1 is 1.23 bits per heavy atom. The van der Waals surface area contributed by atoms with Gasteiger partial charge >= 0.3 is 11.7 Å². The molecular formula is C12H4ClF7N4OS. The monoisotopic (exact) mass is 420 g/mol. The van der Waals surface area contributed by atoms with E-state index in [1.165, 1.54) is 6.07 Å². The molecule has 0 radical (unpaired) electrons. The third-order valence-electron chi connectivity index (χ3n) is 2.93. The van der Waals surface area contributed by atoms with Crippen LogP contribution in [0.4, 0.5) is 36.6 Å². The van der Waals surface area contributed by atoms with Crippen molar-refractivity contribution in [3.05, 3.63) is 34.2 Å². The van der Waals surface area contributed by atoms with E-state index < -0.39 is 61.4 Å². The summed E-state index contributed by atoms with van der Waals surface area (Å²) < 4.78 is 102. The Morgan fingerprint density at radius 2 is 1.81 bits per heavy atom. The number of hydrogen-bond acceptors (Lipinski definition) is 4. The molecule has 0 saturated heterocycles. The highest BCUT2D eigenvalue weighted by atomic mass is 35.5. The average molecular weight is 421 g/mol. The summed E-state index contributed by atoms with van der Waals surface area (Å²) in [7, 11) is 0. The molecule has 0 amide bonds. The van der Waals surface area contributed by atoms with Gasteiger partial charge in [-0.05, 0) is 12.1 Å². The molecule has 2 aromatic rings. The second-order valence-electron chi connectivity index (χ2n) is 4.59. The summed E-state index contributed by atoms with van der Waals surface area (Å²) in [5.74, 6) is -2.68. The van der Waals surface area contributed by atoms with Crippen LogP contribution in [0, 0.1) is 17.1 Å². The highest BCUT2D eigenvalue weighted by Crippen LogP contribution is 2.39. The van der Waals surface area contributed by atoms with E-state index in [4.69, 9.17) is 22.6 Å². The molecule has 0 saturated carbocycles. The Morgan fingerprint density at radius 3 is 2.23 bits per heavy atom. The van der Waals surface area contributed by atoms with Gasteiger partial charge in [-0.2, -0.15) is 18.4 Å². The van der Waals surface area contributed by atoms with Crippen molar-refractivity contribution in [1.29, 1.82) is 5.26 Å². The van der Waals surface area contributed by atoms with Crippen LogP contribution in [-0.4, -0.2) is 19.8 Å². The predicted octanol–water partition coefficient (Wildman–Crippen LogP) is 3.76. The third-order valence-corrected chi connectivity index (χ3v) is 4.42. The van der Waals surface area contributed by atoms with Crippen LogP contribution in [0.3, 0.4) is 0 Å². The van der Waals surface area contributed by atoms with Gasteiger partial charge in [-0.1, -0.05) is 11.6 Å². The fourth-order valence-corrected chi connectivity index (χ4v) is 2.95. The molecule has 0 fully saturated rings. The Bertz CT molecular complexity index is 880. The van der Waals surface area contributed by atoms with Crippen LogP contribution in [0.1, 0.15) is 11.3 Å². The third kappa shape index (κ3) is 3.53. The number of nitriles is 1. The summed E-state index contributed by atoms with van der Waals surface area (Å²) in [6.07, 6.45) is -4.95. The van der Waals surface area contributed by atoms with Crippen molar-refractivity contribution in [2.24, 2.45) is 0 Å². The summed E-state index contributed by atoms with van der Waals surface area (Å²) in [5.41, 5.74) is -3.37. The zero-order valence-corrected chi connectivity index (χ0v) is 13.5. The molecule has 1 unspecified atom stereocenters. The minimum absolute atomic E-state index is 0.0226. The Labute approximate surface area is 147 Å². The quantitative estimate of drug-likeness (QED) is 0.591. The highest BCUT2D eigenvalue weighted by Gasteiger charge is 2.50. The molecule has 0 aliphatic carbocycles. The van der Waals surface area contributed by atoms with Gasteiger partial charge in [-0.25, -0.2) is 9.07 Å². The SMILES string of the molecule is N#Cc1nn(-c2c(F)cc(C(F)(F)F)cc2Cl)c(N)c1[S+]([O-])C(F)(F)F. The van der Waals surface area contributed by atoms with Gasteiger partial charge in [0.05, 0.1) is 10.6 Å². The van der Waals surface area contributed by atoms with Crippen molar-refractivity contribution in [1.82, 2.24) is 9.78 Å². The molecule has 1 heterocycles. The van der Waals surface area contributed by atoms with Crippen molar-refractivity contribution in [2.45, 2.75) is 16.6 Å². The summed E-state index contributed by atoms with van der Waals surface area (Å²) in [6, 6.07) is 1.53. The van der Waals surface area contributed by atoms with E-state index in [9.17, 15) is 35.3 Å². The predicted molar refractivity (Wildman–Crippen MR) is 75.1 cm³/mol. The van der Waals surface area contributed by atoms with Gasteiger partial charge in [0.1, 0.15) is 22.9 Å². The second-order valence-corrected chi connectivity index (χ2v) is 6.40. The van der Waals surface area contributed by atoms with Crippen molar-refractivity contribution in [2.75, 3.05) is 5.73 Å². The molecule has 0 aliphatic heterocycles. The zero-order chi connectivity index (χ0) is 20.0. The first-order valence-corrected chi connectivity index (χ1v) is 7.65. The molecule has 1 aromatic carbocycles. The van der Waals surface area contributed by atoms with Gasteiger partial charge < -0.3 is 10.3 Å². The Balaban J connectivity index is 2.72. The van der Waals surface area contributed by atoms with Gasteiger partial charge in [0, 0.05) is 0 Å². The maximum Gasteiger partial charge on any atom is 0.578 e. The molecule has 140 valence electrons. The van der Waals surface area contributed by atoms with Crippen LogP contribution in [0.25, 0.3) is 5.69 Å². The van der Waals surface area contributed by atoms with Gasteiger partial charge in [0.2, 0.25) is 10.6 Å². The lowest BCUT2D eigenvalue weighted by molar-refractivity contribution is -0.137. The van der Waals surface area contributed by atoms with E-state index in [1.807, 2.05) is 0 Å². The molecule has 14 heteroatoms. The molecule has 0 aliphatic rings. The number of rotatable bonds is 2. The molecule has 0 spiro atoms. The molecule has 26 heavy (non-hydrogen) atoms. The number of halogens is 8. The van der Waals surface area contributed by atoms with E-state index in [-0.39, 0.29) is 10.7 Å². The molecule has 2 rings (SSSR count). The number of alkyl halides is 6. The second kappa shape index (κ2) is 6.53. The van der Waals surface area contributed by atoms with Crippen molar-refractivity contribution in [3.8, 4) is 11.8 Å². The number of anilines is 1. The molecule has 2 N–H and O–H groups in total. The minimum atomic E-state index is -5.31. The lowest BCUT2D eigenvalue weighted by Crippen LogP contribution is -2.24.